The lowest BCUT2D eigenvalue weighted by Gasteiger charge is -2.34. The minimum Gasteiger partial charge on any atom is -0.340 e. The number of aryl methyl sites for hydroxylation is 1. The van der Waals surface area contributed by atoms with Crippen LogP contribution in [0, 0.1) is 6.92 Å². The van der Waals surface area contributed by atoms with Crippen molar-refractivity contribution in [1.82, 2.24) is 9.21 Å². The van der Waals surface area contributed by atoms with Gasteiger partial charge >= 0.3 is 6.18 Å². The zero-order chi connectivity index (χ0) is 18.1. The van der Waals surface area contributed by atoms with Crippen molar-refractivity contribution in [2.75, 3.05) is 26.2 Å². The molecular formula is C14H16ClF3N2O3S. The van der Waals surface area contributed by atoms with E-state index < -0.39 is 28.5 Å². The van der Waals surface area contributed by atoms with Crippen LogP contribution in [0.25, 0.3) is 0 Å². The topological polar surface area (TPSA) is 57.7 Å². The number of rotatable bonds is 3. The monoisotopic (exact) mass is 384 g/mol. The highest BCUT2D eigenvalue weighted by molar-refractivity contribution is 7.89. The van der Waals surface area contributed by atoms with Gasteiger partial charge in [-0.2, -0.15) is 17.5 Å². The standard InChI is InChI=1S/C14H16ClF3N2O3S/c1-10-2-3-12(11(15)8-10)24(22,23)20-6-4-19(5-7-20)13(21)9-14(16,17)18/h2-3,8H,4-7,9H2,1H3. The highest BCUT2D eigenvalue weighted by atomic mass is 35.5. The molecule has 0 saturated carbocycles. The van der Waals surface area contributed by atoms with Gasteiger partial charge in [-0.05, 0) is 24.6 Å². The van der Waals surface area contributed by atoms with Crippen LogP contribution >= 0.6 is 11.6 Å². The molecule has 0 aliphatic carbocycles. The summed E-state index contributed by atoms with van der Waals surface area (Å²) in [6.45, 7) is 1.45. The van der Waals surface area contributed by atoms with Crippen molar-refractivity contribution < 1.29 is 26.4 Å². The van der Waals surface area contributed by atoms with Gasteiger partial charge in [0.25, 0.3) is 0 Å². The van der Waals surface area contributed by atoms with Gasteiger partial charge in [0.15, 0.2) is 0 Å². The number of hydrogen-bond acceptors (Lipinski definition) is 3. The first-order chi connectivity index (χ1) is 11.0. The van der Waals surface area contributed by atoms with Gasteiger partial charge in [-0.25, -0.2) is 8.42 Å². The van der Waals surface area contributed by atoms with E-state index in [4.69, 9.17) is 11.6 Å². The SMILES string of the molecule is Cc1ccc(S(=O)(=O)N2CCN(C(=O)CC(F)(F)F)CC2)c(Cl)c1. The molecule has 1 heterocycles. The lowest BCUT2D eigenvalue weighted by molar-refractivity contribution is -0.162. The molecule has 5 nitrogen and oxygen atoms in total. The number of amides is 1. The van der Waals surface area contributed by atoms with Crippen molar-refractivity contribution in [3.63, 3.8) is 0 Å². The number of halogens is 4. The summed E-state index contributed by atoms with van der Waals surface area (Å²) < 4.78 is 63.1. The maximum atomic E-state index is 12.6. The number of carbonyl (C=O) groups is 1. The summed E-state index contributed by atoms with van der Waals surface area (Å²) in [5.41, 5.74) is 0.807. The van der Waals surface area contributed by atoms with Gasteiger partial charge in [-0.15, -0.1) is 0 Å². The molecule has 0 atom stereocenters. The predicted molar refractivity (Wildman–Crippen MR) is 82.2 cm³/mol. The lowest BCUT2D eigenvalue weighted by atomic mass is 10.2. The van der Waals surface area contributed by atoms with Crippen molar-refractivity contribution in [2.24, 2.45) is 0 Å². The highest BCUT2D eigenvalue weighted by Gasteiger charge is 2.36. The molecule has 1 aromatic rings. The quantitative estimate of drug-likeness (QED) is 0.804. The number of alkyl halides is 3. The molecule has 0 unspecified atom stereocenters. The molecule has 1 amide bonds. The van der Waals surface area contributed by atoms with Crippen molar-refractivity contribution in [3.05, 3.63) is 28.8 Å². The van der Waals surface area contributed by atoms with Crippen molar-refractivity contribution in [1.29, 1.82) is 0 Å². The second kappa shape index (κ2) is 6.89. The first kappa shape index (κ1) is 19.0. The molecule has 1 saturated heterocycles. The van der Waals surface area contributed by atoms with Crippen molar-refractivity contribution >= 4 is 27.5 Å². The molecule has 1 aliphatic rings. The van der Waals surface area contributed by atoms with Crippen molar-refractivity contribution in [2.45, 2.75) is 24.4 Å². The predicted octanol–water partition coefficient (Wildman–Crippen LogP) is 2.43. The molecule has 1 aliphatic heterocycles. The molecule has 0 radical (unpaired) electrons. The molecule has 1 fully saturated rings. The summed E-state index contributed by atoms with van der Waals surface area (Å²) in [6, 6.07) is 4.54. The Hall–Kier alpha value is -1.32. The second-order valence-electron chi connectivity index (χ2n) is 5.51. The molecule has 0 bridgehead atoms. The zero-order valence-corrected chi connectivity index (χ0v) is 14.4. The summed E-state index contributed by atoms with van der Waals surface area (Å²) in [5, 5.41) is 0.0885. The molecule has 10 heteroatoms. The number of hydrogen-bond donors (Lipinski definition) is 0. The van der Waals surface area contributed by atoms with Gasteiger partial charge in [0.1, 0.15) is 11.3 Å². The summed E-state index contributed by atoms with van der Waals surface area (Å²) in [6.07, 6.45) is -6.11. The average molecular weight is 385 g/mol. The lowest BCUT2D eigenvalue weighted by Crippen LogP contribution is -2.51. The third-order valence-electron chi connectivity index (χ3n) is 3.65. The van der Waals surface area contributed by atoms with E-state index in [0.29, 0.717) is 0 Å². The van der Waals surface area contributed by atoms with Crippen molar-refractivity contribution in [3.8, 4) is 0 Å². The molecule has 0 N–H and O–H groups in total. The van der Waals surface area contributed by atoms with Gasteiger partial charge in [-0.3, -0.25) is 4.79 Å². The van der Waals surface area contributed by atoms with Crippen LogP contribution in [0.4, 0.5) is 13.2 Å². The smallest absolute Gasteiger partial charge is 0.340 e. The summed E-state index contributed by atoms with van der Waals surface area (Å²) in [4.78, 5) is 12.5. The first-order valence-electron chi connectivity index (χ1n) is 7.11. The van der Waals surface area contributed by atoms with Crippen LogP contribution in [0.15, 0.2) is 23.1 Å². The number of carbonyl (C=O) groups excluding carboxylic acids is 1. The number of benzene rings is 1. The third kappa shape index (κ3) is 4.40. The first-order valence-corrected chi connectivity index (χ1v) is 8.93. The van der Waals surface area contributed by atoms with E-state index in [1.807, 2.05) is 0 Å². The van der Waals surface area contributed by atoms with Crippen LogP contribution in [-0.2, 0) is 14.8 Å². The van der Waals surface area contributed by atoms with Gasteiger partial charge in [-0.1, -0.05) is 17.7 Å². The minimum atomic E-state index is -4.57. The van der Waals surface area contributed by atoms with Crippen LogP contribution in [-0.4, -0.2) is 55.9 Å². The molecule has 1 aromatic carbocycles. The summed E-state index contributed by atoms with van der Waals surface area (Å²) in [7, 11) is -3.85. The maximum absolute atomic E-state index is 12.6. The normalized spacial score (nSPS) is 17.1. The van der Waals surface area contributed by atoms with Crippen LogP contribution in [0.1, 0.15) is 12.0 Å². The molecular weight excluding hydrogens is 369 g/mol. The fraction of sp³-hybridized carbons (Fsp3) is 0.500. The number of nitrogens with zero attached hydrogens (tertiary/aromatic N) is 2. The van der Waals surface area contributed by atoms with Gasteiger partial charge < -0.3 is 4.90 Å². The Kier molecular flexibility index (Phi) is 5.46. The van der Waals surface area contributed by atoms with Gasteiger partial charge in [0.2, 0.25) is 15.9 Å². The van der Waals surface area contributed by atoms with E-state index in [1.54, 1.807) is 13.0 Å². The van der Waals surface area contributed by atoms with E-state index in [1.165, 1.54) is 12.1 Å². The summed E-state index contributed by atoms with van der Waals surface area (Å²) >= 11 is 5.99. The van der Waals surface area contributed by atoms with Gasteiger partial charge in [0, 0.05) is 26.2 Å². The molecule has 0 aromatic heterocycles. The Bertz CT molecular complexity index is 729. The van der Waals surface area contributed by atoms with E-state index in [0.717, 1.165) is 14.8 Å². The molecule has 24 heavy (non-hydrogen) atoms. The Morgan fingerprint density at radius 3 is 2.29 bits per heavy atom. The van der Waals surface area contributed by atoms with Crippen LogP contribution in [0.5, 0.6) is 0 Å². The molecule has 134 valence electrons. The highest BCUT2D eigenvalue weighted by Crippen LogP contribution is 2.27. The van der Waals surface area contributed by atoms with E-state index in [9.17, 15) is 26.4 Å². The van der Waals surface area contributed by atoms with E-state index >= 15 is 0 Å². The Morgan fingerprint density at radius 1 is 1.21 bits per heavy atom. The fourth-order valence-corrected chi connectivity index (χ4v) is 4.41. The van der Waals surface area contributed by atoms with E-state index in [2.05, 4.69) is 0 Å². The van der Waals surface area contributed by atoms with E-state index in [-0.39, 0.29) is 36.1 Å². The Morgan fingerprint density at radius 2 is 1.79 bits per heavy atom. The van der Waals surface area contributed by atoms with Crippen LogP contribution in [0.3, 0.4) is 0 Å². The maximum Gasteiger partial charge on any atom is 0.397 e. The fourth-order valence-electron chi connectivity index (χ4n) is 2.42. The molecule has 0 spiro atoms. The minimum absolute atomic E-state index is 0.0511. The largest absolute Gasteiger partial charge is 0.397 e. The van der Waals surface area contributed by atoms with Crippen LogP contribution < -0.4 is 0 Å². The zero-order valence-electron chi connectivity index (χ0n) is 12.8. The number of piperazine rings is 1. The Labute approximate surface area is 143 Å². The molecule has 2 rings (SSSR count). The number of sulfonamides is 1. The Balaban J connectivity index is 2.07. The third-order valence-corrected chi connectivity index (χ3v) is 6.03. The average Bonchev–Trinajstić information content (AvgIpc) is 2.45. The van der Waals surface area contributed by atoms with Crippen LogP contribution in [0.2, 0.25) is 5.02 Å². The summed E-state index contributed by atoms with van der Waals surface area (Å²) in [5.74, 6) is -1.05. The van der Waals surface area contributed by atoms with Gasteiger partial charge in [0.05, 0.1) is 5.02 Å². The second-order valence-corrected chi connectivity index (χ2v) is 7.82.